The van der Waals surface area contributed by atoms with Crippen LogP contribution in [0.3, 0.4) is 0 Å². The lowest BCUT2D eigenvalue weighted by atomic mass is 9.95. The van der Waals surface area contributed by atoms with Crippen molar-refractivity contribution in [3.05, 3.63) is 46.5 Å². The lowest BCUT2D eigenvalue weighted by molar-refractivity contribution is 0.107. The van der Waals surface area contributed by atoms with Gasteiger partial charge in [-0.15, -0.1) is 11.3 Å². The molecule has 10 nitrogen and oxygen atoms in total. The quantitative estimate of drug-likeness (QED) is 0.172. The van der Waals surface area contributed by atoms with Crippen molar-refractivity contribution in [2.45, 2.75) is 43.4 Å². The van der Waals surface area contributed by atoms with Crippen LogP contribution in [0.15, 0.2) is 24.3 Å². The number of halogens is 8. The summed E-state index contributed by atoms with van der Waals surface area (Å²) in [6, 6.07) is 1.75. The molecule has 0 unspecified atom stereocenters. The van der Waals surface area contributed by atoms with E-state index < -0.39 is 89.1 Å². The van der Waals surface area contributed by atoms with Crippen molar-refractivity contribution in [1.29, 1.82) is 5.26 Å². The molecule has 268 valence electrons. The van der Waals surface area contributed by atoms with Gasteiger partial charge >= 0.3 is 12.1 Å². The number of thiophene rings is 1. The average molecular weight is 757 g/mol. The summed E-state index contributed by atoms with van der Waals surface area (Å²) in [6.07, 6.45) is -6.16. The second-order valence-electron chi connectivity index (χ2n) is 12.3. The number of anilines is 2. The van der Waals surface area contributed by atoms with E-state index in [1.165, 1.54) is 0 Å². The Labute approximate surface area is 292 Å². The van der Waals surface area contributed by atoms with Gasteiger partial charge in [0, 0.05) is 30.0 Å². The zero-order chi connectivity index (χ0) is 36.4. The van der Waals surface area contributed by atoms with Gasteiger partial charge < -0.3 is 19.5 Å². The molecule has 3 aliphatic heterocycles. The highest BCUT2D eigenvalue weighted by molar-refractivity contribution is 7.23. The number of benzene rings is 2. The third-order valence-corrected chi connectivity index (χ3v) is 10.8. The van der Waals surface area contributed by atoms with E-state index in [-0.39, 0.29) is 56.9 Å². The van der Waals surface area contributed by atoms with E-state index in [0.717, 1.165) is 23.5 Å². The summed E-state index contributed by atoms with van der Waals surface area (Å²) in [5, 5.41) is 20.0. The van der Waals surface area contributed by atoms with Crippen molar-refractivity contribution >= 4 is 60.8 Å². The Morgan fingerprint density at radius 2 is 2.08 bits per heavy atom. The molecular formula is C32H24ClF7N6O4S. The Morgan fingerprint density at radius 1 is 1.29 bits per heavy atom. The molecule has 0 aliphatic carbocycles. The number of carboxylic acid groups (broad SMARTS) is 1. The van der Waals surface area contributed by atoms with Crippen LogP contribution < -0.4 is 19.7 Å². The van der Waals surface area contributed by atoms with E-state index in [4.69, 9.17) is 21.1 Å². The molecule has 2 N–H and O–H groups in total. The van der Waals surface area contributed by atoms with Gasteiger partial charge in [0.2, 0.25) is 0 Å². The van der Waals surface area contributed by atoms with Gasteiger partial charge in [0.05, 0.1) is 38.8 Å². The molecule has 0 bridgehead atoms. The smallest absolute Gasteiger partial charge is 0.409 e. The molecule has 51 heavy (non-hydrogen) atoms. The summed E-state index contributed by atoms with van der Waals surface area (Å²) >= 11 is 7.37. The van der Waals surface area contributed by atoms with E-state index in [9.17, 15) is 37.1 Å². The zero-order valence-corrected chi connectivity index (χ0v) is 27.5. The number of hydrogen-bond donors (Lipinski definition) is 2. The van der Waals surface area contributed by atoms with Gasteiger partial charge in [0.15, 0.2) is 11.6 Å². The topological polar surface area (TPSA) is 124 Å². The molecular weight excluding hydrogens is 733 g/mol. The van der Waals surface area contributed by atoms with Gasteiger partial charge in [0.25, 0.3) is 12.5 Å². The number of nitrogens with one attached hydrogen (secondary N) is 1. The summed E-state index contributed by atoms with van der Waals surface area (Å²) < 4.78 is 114. The Kier molecular flexibility index (Phi) is 9.00. The van der Waals surface area contributed by atoms with Crippen LogP contribution in [0.4, 0.5) is 46.3 Å². The number of alkyl halides is 3. The molecule has 4 aromatic rings. The van der Waals surface area contributed by atoms with Gasteiger partial charge in [-0.05, 0) is 31.0 Å². The van der Waals surface area contributed by atoms with Crippen LogP contribution in [0.1, 0.15) is 24.8 Å². The van der Waals surface area contributed by atoms with Crippen LogP contribution in [0.2, 0.25) is 5.02 Å². The predicted octanol–water partition coefficient (Wildman–Crippen LogP) is 7.97. The van der Waals surface area contributed by atoms with E-state index in [0.29, 0.717) is 30.4 Å². The Balaban J connectivity index is 1.48. The summed E-state index contributed by atoms with van der Waals surface area (Å²) in [5.74, 6) is -2.93. The largest absolute Gasteiger partial charge is 0.489 e. The minimum atomic E-state index is -3.09. The lowest BCUT2D eigenvalue weighted by Crippen LogP contribution is -2.43. The number of rotatable bonds is 8. The first-order chi connectivity index (χ1) is 24.3. The fourth-order valence-corrected chi connectivity index (χ4v) is 8.67. The number of carbonyl (C=O) groups is 1. The van der Waals surface area contributed by atoms with Crippen molar-refractivity contribution in [2.24, 2.45) is 0 Å². The number of amides is 1. The van der Waals surface area contributed by atoms with Crippen LogP contribution in [-0.2, 0) is 0 Å². The maximum Gasteiger partial charge on any atom is 0.409 e. The highest BCUT2D eigenvalue weighted by Gasteiger charge is 2.49. The zero-order valence-electron chi connectivity index (χ0n) is 26.0. The molecule has 0 radical (unpaired) electrons. The van der Waals surface area contributed by atoms with Crippen molar-refractivity contribution in [2.75, 3.05) is 43.1 Å². The normalized spacial score (nSPS) is 21.5. The fourth-order valence-electron chi connectivity index (χ4n) is 7.27. The molecule has 0 spiro atoms. The molecule has 2 saturated heterocycles. The standard InChI is InChI=1S/C32H24ClF7N6O4S/c33-23-21(15-2-3-17(35)27-20(15)16(8-41)29(51-27)44-31(47)48)24(40)25-22-26(23)49-11-14(6-18(36)37)46(10-19(38)39)28(22)43-30(42-25)50-12-32-4-1-5-45(32)9-13(34)7-32/h2-3,6,13-14,19,44H,1,4-5,7,9-12H2,(H,47,48)/t13-,14+,32+/m1/s1. The summed E-state index contributed by atoms with van der Waals surface area (Å²) in [5.41, 5.74) is -2.37. The van der Waals surface area contributed by atoms with Crippen LogP contribution in [0.5, 0.6) is 11.8 Å². The molecule has 3 aliphatic rings. The Morgan fingerprint density at radius 3 is 2.78 bits per heavy atom. The maximum atomic E-state index is 17.1. The van der Waals surface area contributed by atoms with Gasteiger partial charge in [0.1, 0.15) is 47.6 Å². The second kappa shape index (κ2) is 13.2. The molecule has 3 atom stereocenters. The van der Waals surface area contributed by atoms with Gasteiger partial charge in [-0.2, -0.15) is 24.0 Å². The van der Waals surface area contributed by atoms with Crippen LogP contribution >= 0.6 is 22.9 Å². The summed E-state index contributed by atoms with van der Waals surface area (Å²) in [4.78, 5) is 22.7. The number of ether oxygens (including phenoxy) is 2. The number of aromatic nitrogens is 2. The first-order valence-corrected chi connectivity index (χ1v) is 16.6. The SMILES string of the molecule is N#Cc1c(NC(=O)O)sc2c(F)ccc(-c3c(Cl)c4c5c(nc(OC[C@@]67CCCN6C[C@H](F)C7)nc5c3F)N(CC(F)F)[C@@H](C=C(F)F)CO4)c12. The number of nitriles is 1. The molecule has 2 fully saturated rings. The van der Waals surface area contributed by atoms with E-state index >= 15 is 8.78 Å². The highest BCUT2D eigenvalue weighted by Crippen LogP contribution is 2.51. The van der Waals surface area contributed by atoms with Crippen molar-refractivity contribution in [1.82, 2.24) is 14.9 Å². The van der Waals surface area contributed by atoms with Crippen molar-refractivity contribution in [3.63, 3.8) is 0 Å². The number of fused-ring (bicyclic) bond motifs is 2. The van der Waals surface area contributed by atoms with Crippen molar-refractivity contribution in [3.8, 4) is 29.0 Å². The predicted molar refractivity (Wildman–Crippen MR) is 173 cm³/mol. The first-order valence-electron chi connectivity index (χ1n) is 15.4. The minimum absolute atomic E-state index is 0.140. The summed E-state index contributed by atoms with van der Waals surface area (Å²) in [7, 11) is 0. The molecule has 2 aromatic heterocycles. The molecule has 7 rings (SSSR count). The van der Waals surface area contributed by atoms with Gasteiger partial charge in [-0.3, -0.25) is 10.2 Å². The van der Waals surface area contributed by atoms with Gasteiger partial charge in [-0.1, -0.05) is 17.7 Å². The lowest BCUT2D eigenvalue weighted by Gasteiger charge is -2.31. The molecule has 5 heterocycles. The third kappa shape index (κ3) is 6.00. The molecule has 2 aromatic carbocycles. The van der Waals surface area contributed by atoms with E-state index in [1.54, 1.807) is 0 Å². The molecule has 0 saturated carbocycles. The van der Waals surface area contributed by atoms with Crippen LogP contribution in [-0.4, -0.2) is 83.1 Å². The average Bonchev–Trinajstić information content (AvgIpc) is 3.69. The first kappa shape index (κ1) is 34.8. The monoisotopic (exact) mass is 756 g/mol. The van der Waals surface area contributed by atoms with E-state index in [2.05, 4.69) is 9.97 Å². The number of hydrogen-bond acceptors (Lipinski definition) is 9. The number of nitrogens with zero attached hydrogens (tertiary/aromatic N) is 5. The van der Waals surface area contributed by atoms with Crippen LogP contribution in [0.25, 0.3) is 32.1 Å². The second-order valence-corrected chi connectivity index (χ2v) is 13.7. The van der Waals surface area contributed by atoms with Gasteiger partial charge in [-0.25, -0.2) is 26.7 Å². The Bertz CT molecular complexity index is 2160. The van der Waals surface area contributed by atoms with Crippen LogP contribution in [0, 0.1) is 23.0 Å². The molecule has 1 amide bonds. The maximum absolute atomic E-state index is 17.1. The third-order valence-electron chi connectivity index (χ3n) is 9.29. The van der Waals surface area contributed by atoms with E-state index in [1.807, 2.05) is 16.3 Å². The minimum Gasteiger partial charge on any atom is -0.489 e. The summed E-state index contributed by atoms with van der Waals surface area (Å²) in [6.45, 7) is -1.21. The van der Waals surface area contributed by atoms with Crippen molar-refractivity contribution < 1.29 is 50.1 Å². The Hall–Kier alpha value is -4.60. The highest BCUT2D eigenvalue weighted by atomic mass is 35.5. The fraction of sp³-hybridized carbons (Fsp3) is 0.375. The molecule has 19 heteroatoms.